The highest BCUT2D eigenvalue weighted by Gasteiger charge is 2.23. The quantitative estimate of drug-likeness (QED) is 0.459. The third-order valence-corrected chi connectivity index (χ3v) is 6.98. The molecule has 1 saturated heterocycles. The van der Waals surface area contributed by atoms with Crippen molar-refractivity contribution >= 4 is 44.5 Å². The molecule has 2 aromatic heterocycles. The molecule has 1 aliphatic heterocycles. The second-order valence-corrected chi connectivity index (χ2v) is 9.63. The summed E-state index contributed by atoms with van der Waals surface area (Å²) in [5.41, 5.74) is 1.89. The van der Waals surface area contributed by atoms with Crippen LogP contribution in [0.5, 0.6) is 0 Å². The van der Waals surface area contributed by atoms with E-state index in [4.69, 9.17) is 9.72 Å². The van der Waals surface area contributed by atoms with Crippen LogP contribution in [-0.2, 0) is 22.5 Å². The molecule has 0 bridgehead atoms. The number of nitrogens with zero attached hydrogens (tertiary/aromatic N) is 2. The maximum absolute atomic E-state index is 13.1. The van der Waals surface area contributed by atoms with Gasteiger partial charge in [-0.2, -0.15) is 0 Å². The summed E-state index contributed by atoms with van der Waals surface area (Å²) in [6.45, 7) is 2.09. The minimum Gasteiger partial charge on any atom is -0.376 e. The Balaban J connectivity index is 1.46. The molecule has 0 N–H and O–H groups in total. The van der Waals surface area contributed by atoms with Gasteiger partial charge in [-0.3, -0.25) is 4.79 Å². The molecule has 1 fully saturated rings. The molecule has 4 nitrogen and oxygen atoms in total. The third-order valence-electron chi connectivity index (χ3n) is 4.68. The second kappa shape index (κ2) is 9.31. The molecule has 1 unspecified atom stereocenters. The van der Waals surface area contributed by atoms with Crippen LogP contribution in [0.2, 0.25) is 0 Å². The Morgan fingerprint density at radius 2 is 2.21 bits per heavy atom. The zero-order valence-corrected chi connectivity index (χ0v) is 18.6. The standard InChI is InChI=1S/C21H21BrN2O2S2/c22-16-5-1-4-15(10-16)21-23-17(14-28-21)11-20(25)24(12-18-6-2-8-26-18)13-19-7-3-9-27-19/h1,3-5,7,9-10,14,18H,2,6,8,11-13H2. The van der Waals surface area contributed by atoms with E-state index in [1.165, 1.54) is 4.88 Å². The van der Waals surface area contributed by atoms with Crippen LogP contribution in [0.4, 0.5) is 0 Å². The van der Waals surface area contributed by atoms with Crippen LogP contribution < -0.4 is 0 Å². The minimum absolute atomic E-state index is 0.106. The molecule has 28 heavy (non-hydrogen) atoms. The van der Waals surface area contributed by atoms with Gasteiger partial charge >= 0.3 is 0 Å². The molecule has 1 aliphatic rings. The zero-order chi connectivity index (χ0) is 19.3. The fourth-order valence-electron chi connectivity index (χ4n) is 3.29. The van der Waals surface area contributed by atoms with Crippen LogP contribution in [0.25, 0.3) is 10.6 Å². The predicted molar refractivity (Wildman–Crippen MR) is 118 cm³/mol. The van der Waals surface area contributed by atoms with Crippen LogP contribution >= 0.6 is 38.6 Å². The molecular weight excluding hydrogens is 456 g/mol. The fourth-order valence-corrected chi connectivity index (χ4v) is 5.22. The number of hydrogen-bond donors (Lipinski definition) is 0. The maximum atomic E-state index is 13.1. The van der Waals surface area contributed by atoms with Crippen molar-refractivity contribution in [3.05, 3.63) is 62.2 Å². The molecule has 3 heterocycles. The van der Waals surface area contributed by atoms with Gasteiger partial charge in [0.05, 0.1) is 24.8 Å². The molecule has 1 atom stereocenters. The van der Waals surface area contributed by atoms with Crippen molar-refractivity contribution in [2.24, 2.45) is 0 Å². The van der Waals surface area contributed by atoms with E-state index in [0.29, 0.717) is 19.5 Å². The number of thiazole rings is 1. The summed E-state index contributed by atoms with van der Waals surface area (Å²) in [6, 6.07) is 12.2. The highest BCUT2D eigenvalue weighted by molar-refractivity contribution is 9.10. The summed E-state index contributed by atoms with van der Waals surface area (Å²) < 4.78 is 6.79. The first-order valence-corrected chi connectivity index (χ1v) is 11.8. The predicted octanol–water partition coefficient (Wildman–Crippen LogP) is 5.38. The Morgan fingerprint density at radius 1 is 1.29 bits per heavy atom. The fraction of sp³-hybridized carbons (Fsp3) is 0.333. The van der Waals surface area contributed by atoms with Gasteiger partial charge < -0.3 is 9.64 Å². The second-order valence-electron chi connectivity index (χ2n) is 6.82. The van der Waals surface area contributed by atoms with Crippen LogP contribution in [0.3, 0.4) is 0 Å². The number of ether oxygens (including phenoxy) is 1. The summed E-state index contributed by atoms with van der Waals surface area (Å²) in [5.74, 6) is 0.106. The molecule has 0 spiro atoms. The molecule has 0 saturated carbocycles. The Labute approximate surface area is 181 Å². The summed E-state index contributed by atoms with van der Waals surface area (Å²) >= 11 is 6.76. The first-order chi connectivity index (χ1) is 13.7. The van der Waals surface area contributed by atoms with E-state index in [1.54, 1.807) is 22.7 Å². The number of rotatable bonds is 7. The number of halogens is 1. The maximum Gasteiger partial charge on any atom is 0.229 e. The van der Waals surface area contributed by atoms with E-state index in [2.05, 4.69) is 27.4 Å². The number of carbonyl (C=O) groups is 1. The van der Waals surface area contributed by atoms with Crippen LogP contribution in [0.1, 0.15) is 23.4 Å². The highest BCUT2D eigenvalue weighted by Crippen LogP contribution is 2.27. The number of carbonyl (C=O) groups excluding carboxylic acids is 1. The molecule has 146 valence electrons. The van der Waals surface area contributed by atoms with Crippen molar-refractivity contribution in [3.8, 4) is 10.6 Å². The lowest BCUT2D eigenvalue weighted by Crippen LogP contribution is -2.37. The first kappa shape index (κ1) is 19.8. The van der Waals surface area contributed by atoms with Gasteiger partial charge in [-0.1, -0.05) is 34.1 Å². The lowest BCUT2D eigenvalue weighted by atomic mass is 10.2. The van der Waals surface area contributed by atoms with Crippen molar-refractivity contribution in [2.75, 3.05) is 13.2 Å². The van der Waals surface area contributed by atoms with Crippen LogP contribution in [-0.4, -0.2) is 35.0 Å². The largest absolute Gasteiger partial charge is 0.376 e. The van der Waals surface area contributed by atoms with Gasteiger partial charge in [-0.05, 0) is 36.4 Å². The molecule has 1 aromatic carbocycles. The van der Waals surface area contributed by atoms with E-state index in [-0.39, 0.29) is 12.0 Å². The number of thiophene rings is 1. The van der Waals surface area contributed by atoms with E-state index < -0.39 is 0 Å². The van der Waals surface area contributed by atoms with E-state index in [0.717, 1.165) is 40.2 Å². The monoisotopic (exact) mass is 476 g/mol. The number of amides is 1. The van der Waals surface area contributed by atoms with Crippen molar-refractivity contribution in [1.29, 1.82) is 0 Å². The van der Waals surface area contributed by atoms with Gasteiger partial charge in [-0.25, -0.2) is 4.98 Å². The minimum atomic E-state index is 0.106. The number of aromatic nitrogens is 1. The topological polar surface area (TPSA) is 42.4 Å². The smallest absolute Gasteiger partial charge is 0.229 e. The summed E-state index contributed by atoms with van der Waals surface area (Å²) in [4.78, 5) is 20.9. The third kappa shape index (κ3) is 5.08. The van der Waals surface area contributed by atoms with E-state index in [9.17, 15) is 4.79 Å². The van der Waals surface area contributed by atoms with Crippen molar-refractivity contribution in [1.82, 2.24) is 9.88 Å². The highest BCUT2D eigenvalue weighted by atomic mass is 79.9. The Kier molecular flexibility index (Phi) is 6.57. The molecule has 3 aromatic rings. The van der Waals surface area contributed by atoms with E-state index >= 15 is 0 Å². The van der Waals surface area contributed by atoms with Crippen molar-refractivity contribution < 1.29 is 9.53 Å². The van der Waals surface area contributed by atoms with Gasteiger partial charge in [0.25, 0.3) is 0 Å². The van der Waals surface area contributed by atoms with Gasteiger partial charge in [0, 0.05) is 33.4 Å². The van der Waals surface area contributed by atoms with E-state index in [1.807, 2.05) is 40.6 Å². The number of benzene rings is 1. The van der Waals surface area contributed by atoms with Gasteiger partial charge in [-0.15, -0.1) is 22.7 Å². The molecule has 1 amide bonds. The molecule has 0 aliphatic carbocycles. The Morgan fingerprint density at radius 3 is 2.96 bits per heavy atom. The molecular formula is C21H21BrN2O2S2. The molecule has 0 radical (unpaired) electrons. The Bertz CT molecular complexity index is 920. The average Bonchev–Trinajstić information content (AvgIpc) is 3.44. The normalized spacial score (nSPS) is 16.4. The molecule has 7 heteroatoms. The van der Waals surface area contributed by atoms with Gasteiger partial charge in [0.15, 0.2) is 0 Å². The SMILES string of the molecule is O=C(Cc1csc(-c2cccc(Br)c2)n1)N(Cc1cccs1)CC1CCCO1. The first-order valence-electron chi connectivity index (χ1n) is 9.29. The van der Waals surface area contributed by atoms with Crippen LogP contribution in [0.15, 0.2) is 51.6 Å². The number of hydrogen-bond acceptors (Lipinski definition) is 5. The Hall–Kier alpha value is -1.54. The summed E-state index contributed by atoms with van der Waals surface area (Å²) in [6.07, 6.45) is 2.57. The summed E-state index contributed by atoms with van der Waals surface area (Å²) in [7, 11) is 0. The lowest BCUT2D eigenvalue weighted by Gasteiger charge is -2.25. The summed E-state index contributed by atoms with van der Waals surface area (Å²) in [5, 5.41) is 4.98. The lowest BCUT2D eigenvalue weighted by molar-refractivity contribution is -0.132. The average molecular weight is 477 g/mol. The van der Waals surface area contributed by atoms with Gasteiger partial charge in [0.2, 0.25) is 5.91 Å². The van der Waals surface area contributed by atoms with Crippen molar-refractivity contribution in [2.45, 2.75) is 31.9 Å². The zero-order valence-electron chi connectivity index (χ0n) is 15.3. The van der Waals surface area contributed by atoms with Gasteiger partial charge in [0.1, 0.15) is 5.01 Å². The van der Waals surface area contributed by atoms with Crippen molar-refractivity contribution in [3.63, 3.8) is 0 Å². The molecule has 4 rings (SSSR count). The van der Waals surface area contributed by atoms with Crippen LogP contribution in [0, 0.1) is 0 Å².